The van der Waals surface area contributed by atoms with Crippen LogP contribution in [0, 0.1) is 5.41 Å². The second kappa shape index (κ2) is 5.46. The highest BCUT2D eigenvalue weighted by Gasteiger charge is 2.36. The predicted molar refractivity (Wildman–Crippen MR) is 98.0 cm³/mol. The molecular formula is C18H21ClN4. The average molecular weight is 329 g/mol. The number of nitrogen functional groups attached to an aromatic ring is 1. The molecule has 0 radical (unpaired) electrons. The quantitative estimate of drug-likeness (QED) is 0.452. The Hall–Kier alpha value is -2.20. The van der Waals surface area contributed by atoms with Gasteiger partial charge in [0.2, 0.25) is 0 Å². The van der Waals surface area contributed by atoms with Gasteiger partial charge in [-0.15, -0.1) is 0 Å². The molecule has 23 heavy (non-hydrogen) atoms. The molecule has 120 valence electrons. The topological polar surface area (TPSA) is 79.1 Å². The second-order valence-corrected chi connectivity index (χ2v) is 6.93. The lowest BCUT2D eigenvalue weighted by atomic mass is 9.73. The van der Waals surface area contributed by atoms with E-state index >= 15 is 0 Å². The maximum absolute atomic E-state index is 7.54. The van der Waals surface area contributed by atoms with E-state index < -0.39 is 0 Å². The average Bonchev–Trinajstić information content (AvgIpc) is 2.48. The van der Waals surface area contributed by atoms with E-state index in [2.05, 4.69) is 18.7 Å². The van der Waals surface area contributed by atoms with Crippen molar-refractivity contribution in [2.24, 2.45) is 5.73 Å². The van der Waals surface area contributed by atoms with E-state index in [-0.39, 0.29) is 11.3 Å². The largest absolute Gasteiger partial charge is 0.399 e. The summed E-state index contributed by atoms with van der Waals surface area (Å²) in [5, 5.41) is 8.26. The summed E-state index contributed by atoms with van der Waals surface area (Å²) in [5.41, 5.74) is 16.7. The van der Waals surface area contributed by atoms with Gasteiger partial charge in [0.25, 0.3) is 0 Å². The zero-order chi connectivity index (χ0) is 16.8. The van der Waals surface area contributed by atoms with Crippen LogP contribution < -0.4 is 16.4 Å². The van der Waals surface area contributed by atoms with E-state index in [1.54, 1.807) is 0 Å². The summed E-state index contributed by atoms with van der Waals surface area (Å²) in [7, 11) is 0. The van der Waals surface area contributed by atoms with Crippen molar-refractivity contribution < 1.29 is 0 Å². The molecule has 0 bridgehead atoms. The number of nitrogens with zero attached hydrogens (tertiary/aromatic N) is 1. The summed E-state index contributed by atoms with van der Waals surface area (Å²) >= 11 is 6.24. The minimum atomic E-state index is -0.197. The van der Waals surface area contributed by atoms with Crippen LogP contribution in [0.5, 0.6) is 0 Å². The van der Waals surface area contributed by atoms with Gasteiger partial charge in [-0.25, -0.2) is 0 Å². The van der Waals surface area contributed by atoms with Crippen LogP contribution in [0.15, 0.2) is 36.4 Å². The van der Waals surface area contributed by atoms with Crippen LogP contribution in [0.4, 0.5) is 17.1 Å². The van der Waals surface area contributed by atoms with Gasteiger partial charge in [0.15, 0.2) is 0 Å². The lowest BCUT2D eigenvalue weighted by Gasteiger charge is -2.42. The standard InChI is InChI=1S/C18H21ClN4/c1-18(2)13-9-11(19)3-5-15(13)23(8-7-17(21)22)16-6-4-12(20)10-14(16)18/h3-6,9-10H,7-8,20H2,1-2H3,(H3,21,22). The van der Waals surface area contributed by atoms with Gasteiger partial charge in [0.05, 0.1) is 5.84 Å². The van der Waals surface area contributed by atoms with E-state index in [1.165, 1.54) is 0 Å². The molecule has 1 aliphatic rings. The highest BCUT2D eigenvalue weighted by Crippen LogP contribution is 2.49. The number of fused-ring (bicyclic) bond motifs is 2. The molecule has 2 aromatic rings. The second-order valence-electron chi connectivity index (χ2n) is 6.49. The highest BCUT2D eigenvalue weighted by molar-refractivity contribution is 6.30. The Morgan fingerprint density at radius 3 is 2.39 bits per heavy atom. The van der Waals surface area contributed by atoms with Crippen molar-refractivity contribution in [1.82, 2.24) is 0 Å². The number of nitrogens with one attached hydrogen (secondary N) is 1. The Morgan fingerprint density at radius 2 is 1.74 bits per heavy atom. The molecular weight excluding hydrogens is 308 g/mol. The van der Waals surface area contributed by atoms with Gasteiger partial charge in [-0.3, -0.25) is 5.41 Å². The Morgan fingerprint density at radius 1 is 1.13 bits per heavy atom. The van der Waals surface area contributed by atoms with E-state index in [0.717, 1.165) is 33.2 Å². The number of hydrogen-bond donors (Lipinski definition) is 3. The predicted octanol–water partition coefficient (Wildman–Crippen LogP) is 4.03. The fourth-order valence-electron chi connectivity index (χ4n) is 3.28. The molecule has 0 saturated carbocycles. The molecule has 0 aliphatic carbocycles. The number of hydrogen-bond acceptors (Lipinski definition) is 3. The van der Waals surface area contributed by atoms with Gasteiger partial charge in [0.1, 0.15) is 0 Å². The third-order valence-electron chi connectivity index (χ3n) is 4.51. The minimum absolute atomic E-state index is 0.183. The van der Waals surface area contributed by atoms with Crippen LogP contribution in [0.3, 0.4) is 0 Å². The Bertz CT molecular complexity index is 727. The van der Waals surface area contributed by atoms with Crippen molar-refractivity contribution in [2.75, 3.05) is 17.2 Å². The number of halogens is 1. The van der Waals surface area contributed by atoms with E-state index in [4.69, 9.17) is 28.5 Å². The van der Waals surface area contributed by atoms with Crippen LogP contribution in [0.25, 0.3) is 0 Å². The first-order valence-corrected chi connectivity index (χ1v) is 7.99. The summed E-state index contributed by atoms with van der Waals surface area (Å²) in [6.45, 7) is 5.02. The molecule has 1 aliphatic heterocycles. The van der Waals surface area contributed by atoms with Crippen molar-refractivity contribution in [1.29, 1.82) is 5.41 Å². The first-order chi connectivity index (χ1) is 10.8. The Balaban J connectivity index is 2.21. The first-order valence-electron chi connectivity index (χ1n) is 7.61. The zero-order valence-corrected chi connectivity index (χ0v) is 14.1. The van der Waals surface area contributed by atoms with E-state index in [0.29, 0.717) is 13.0 Å². The van der Waals surface area contributed by atoms with Gasteiger partial charge in [-0.05, 0) is 47.5 Å². The van der Waals surface area contributed by atoms with E-state index in [9.17, 15) is 0 Å². The maximum atomic E-state index is 7.54. The third-order valence-corrected chi connectivity index (χ3v) is 4.75. The molecule has 0 spiro atoms. The molecule has 1 heterocycles. The van der Waals surface area contributed by atoms with Crippen LogP contribution in [-0.4, -0.2) is 12.4 Å². The van der Waals surface area contributed by atoms with Gasteiger partial charge >= 0.3 is 0 Å². The van der Waals surface area contributed by atoms with Gasteiger partial charge in [-0.1, -0.05) is 25.4 Å². The third kappa shape index (κ3) is 2.63. The van der Waals surface area contributed by atoms with Crippen LogP contribution in [-0.2, 0) is 5.41 Å². The Kier molecular flexibility index (Phi) is 3.72. The maximum Gasteiger partial charge on any atom is 0.0923 e. The number of benzene rings is 2. The molecule has 0 atom stereocenters. The molecule has 2 aromatic carbocycles. The molecule has 3 rings (SSSR count). The molecule has 0 saturated heterocycles. The normalized spacial score (nSPS) is 15.0. The monoisotopic (exact) mass is 328 g/mol. The van der Waals surface area contributed by atoms with Crippen LogP contribution >= 0.6 is 11.6 Å². The van der Waals surface area contributed by atoms with Gasteiger partial charge in [0, 0.05) is 40.5 Å². The summed E-state index contributed by atoms with van der Waals surface area (Å²) < 4.78 is 0. The van der Waals surface area contributed by atoms with Crippen molar-refractivity contribution in [3.05, 3.63) is 52.5 Å². The zero-order valence-electron chi connectivity index (χ0n) is 13.4. The number of nitrogens with two attached hydrogens (primary N) is 2. The molecule has 0 aromatic heterocycles. The molecule has 5 heteroatoms. The SMILES string of the molecule is CC1(C)c2cc(N)ccc2N(CCC(=N)N)c2ccc(Cl)cc21. The highest BCUT2D eigenvalue weighted by atomic mass is 35.5. The summed E-state index contributed by atoms with van der Waals surface area (Å²) in [6.07, 6.45) is 0.506. The Labute approximate surface area is 141 Å². The van der Waals surface area contributed by atoms with E-state index in [1.807, 2.05) is 36.4 Å². The smallest absolute Gasteiger partial charge is 0.0923 e. The lowest BCUT2D eigenvalue weighted by Crippen LogP contribution is -2.34. The molecule has 4 nitrogen and oxygen atoms in total. The lowest BCUT2D eigenvalue weighted by molar-refractivity contribution is 0.625. The molecule has 5 N–H and O–H groups in total. The number of rotatable bonds is 3. The molecule has 0 fully saturated rings. The molecule has 0 amide bonds. The number of amidine groups is 1. The minimum Gasteiger partial charge on any atom is -0.399 e. The van der Waals surface area contributed by atoms with Crippen LogP contribution in [0.1, 0.15) is 31.4 Å². The van der Waals surface area contributed by atoms with Crippen molar-refractivity contribution in [3.8, 4) is 0 Å². The fourth-order valence-corrected chi connectivity index (χ4v) is 3.45. The van der Waals surface area contributed by atoms with Gasteiger partial charge < -0.3 is 16.4 Å². The van der Waals surface area contributed by atoms with Crippen molar-refractivity contribution in [2.45, 2.75) is 25.7 Å². The van der Waals surface area contributed by atoms with Crippen molar-refractivity contribution >= 4 is 34.5 Å². The van der Waals surface area contributed by atoms with Crippen LogP contribution in [0.2, 0.25) is 5.02 Å². The molecule has 0 unspecified atom stereocenters. The van der Waals surface area contributed by atoms with Gasteiger partial charge in [-0.2, -0.15) is 0 Å². The summed E-state index contributed by atoms with van der Waals surface area (Å²) in [5.74, 6) is 0.183. The summed E-state index contributed by atoms with van der Waals surface area (Å²) in [4.78, 5) is 2.20. The fraction of sp³-hybridized carbons (Fsp3) is 0.278. The first kappa shape index (κ1) is 15.7. The van der Waals surface area contributed by atoms with Crippen molar-refractivity contribution in [3.63, 3.8) is 0 Å². The summed E-state index contributed by atoms with van der Waals surface area (Å²) in [6, 6.07) is 11.9. The number of anilines is 3.